The third-order valence-corrected chi connectivity index (χ3v) is 2.26. The molecule has 6 heteroatoms. The molecule has 3 N–H and O–H groups in total. The first kappa shape index (κ1) is 11.9. The van der Waals surface area contributed by atoms with Gasteiger partial charge in [0.05, 0.1) is 12.0 Å². The van der Waals surface area contributed by atoms with Crippen LogP contribution in [0.15, 0.2) is 5.10 Å². The van der Waals surface area contributed by atoms with E-state index in [2.05, 4.69) is 22.7 Å². The van der Waals surface area contributed by atoms with Gasteiger partial charge < -0.3 is 10.5 Å². The minimum absolute atomic E-state index is 0.0128. The highest BCUT2D eigenvalue weighted by Gasteiger charge is 2.31. The number of nitrogens with zero attached hydrogens (tertiary/aromatic N) is 1. The quantitative estimate of drug-likeness (QED) is 0.320. The van der Waals surface area contributed by atoms with Gasteiger partial charge >= 0.3 is 5.97 Å². The summed E-state index contributed by atoms with van der Waals surface area (Å²) in [6.45, 7) is 3.71. The summed E-state index contributed by atoms with van der Waals surface area (Å²) < 4.78 is 5.04. The molecule has 2 atom stereocenters. The molecule has 1 aliphatic heterocycles. The molecule has 1 rings (SSSR count). The molecule has 84 valence electrons. The van der Waals surface area contributed by atoms with Crippen molar-refractivity contribution in [1.82, 2.24) is 5.43 Å². The zero-order chi connectivity index (χ0) is 11.4. The van der Waals surface area contributed by atoms with Gasteiger partial charge in [-0.05, 0) is 32.5 Å². The average Bonchev–Trinajstić information content (AvgIpc) is 2.42. The van der Waals surface area contributed by atoms with E-state index >= 15 is 0 Å². The SMILES string of the molecule is C/C(C[C@@H]1C[C@H](C)OC1=O)=N\NC(N)=S. The first-order chi connectivity index (χ1) is 6.99. The molecule has 0 spiro atoms. The number of ether oxygens (including phenoxy) is 1. The number of rotatable bonds is 3. The summed E-state index contributed by atoms with van der Waals surface area (Å²) in [6.07, 6.45) is 1.34. The molecule has 0 aliphatic carbocycles. The number of hydrazone groups is 1. The Kier molecular flexibility index (Phi) is 4.02. The van der Waals surface area contributed by atoms with Gasteiger partial charge in [0.25, 0.3) is 0 Å². The first-order valence-electron chi connectivity index (χ1n) is 4.78. The zero-order valence-corrected chi connectivity index (χ0v) is 9.63. The molecule has 1 aliphatic rings. The average molecular weight is 229 g/mol. The van der Waals surface area contributed by atoms with E-state index in [-0.39, 0.29) is 23.1 Å². The Balaban J connectivity index is 2.44. The van der Waals surface area contributed by atoms with Crippen molar-refractivity contribution in [2.75, 3.05) is 0 Å². The fraction of sp³-hybridized carbons (Fsp3) is 0.667. The van der Waals surface area contributed by atoms with E-state index in [1.807, 2.05) is 13.8 Å². The smallest absolute Gasteiger partial charge is 0.309 e. The van der Waals surface area contributed by atoms with Crippen molar-refractivity contribution in [1.29, 1.82) is 0 Å². The number of thiocarbonyl (C=S) groups is 1. The Morgan fingerprint density at radius 3 is 2.93 bits per heavy atom. The molecule has 1 saturated heterocycles. The molecule has 1 heterocycles. The van der Waals surface area contributed by atoms with Gasteiger partial charge in [-0.15, -0.1) is 0 Å². The van der Waals surface area contributed by atoms with Gasteiger partial charge in [0.15, 0.2) is 5.11 Å². The fourth-order valence-electron chi connectivity index (χ4n) is 1.56. The minimum atomic E-state index is -0.146. The van der Waals surface area contributed by atoms with E-state index in [1.54, 1.807) is 0 Å². The van der Waals surface area contributed by atoms with E-state index in [4.69, 9.17) is 10.5 Å². The number of nitrogens with two attached hydrogens (primary N) is 1. The summed E-state index contributed by atoms with van der Waals surface area (Å²) in [5.74, 6) is -0.232. The summed E-state index contributed by atoms with van der Waals surface area (Å²) in [5.41, 5.74) is 8.50. The summed E-state index contributed by atoms with van der Waals surface area (Å²) in [6, 6.07) is 0. The third-order valence-electron chi connectivity index (χ3n) is 2.17. The molecule has 0 amide bonds. The first-order valence-corrected chi connectivity index (χ1v) is 5.19. The molecule has 0 aromatic carbocycles. The molecular weight excluding hydrogens is 214 g/mol. The predicted octanol–water partition coefficient (Wildman–Crippen LogP) is 0.537. The Morgan fingerprint density at radius 1 is 1.80 bits per heavy atom. The van der Waals surface area contributed by atoms with Crippen LogP contribution >= 0.6 is 12.2 Å². The summed E-state index contributed by atoms with van der Waals surface area (Å²) >= 11 is 4.61. The highest BCUT2D eigenvalue weighted by Crippen LogP contribution is 2.23. The number of esters is 1. The lowest BCUT2D eigenvalue weighted by atomic mass is 9.99. The zero-order valence-electron chi connectivity index (χ0n) is 8.82. The number of carbonyl (C=O) groups is 1. The van der Waals surface area contributed by atoms with Crippen LogP contribution in [0.1, 0.15) is 26.7 Å². The molecular formula is C9H15N3O2S. The van der Waals surface area contributed by atoms with E-state index in [1.165, 1.54) is 0 Å². The minimum Gasteiger partial charge on any atom is -0.462 e. The van der Waals surface area contributed by atoms with E-state index < -0.39 is 0 Å². The number of cyclic esters (lactones) is 1. The summed E-state index contributed by atoms with van der Waals surface area (Å²) in [5, 5.41) is 4.06. The highest BCUT2D eigenvalue weighted by molar-refractivity contribution is 7.80. The van der Waals surface area contributed by atoms with Crippen molar-refractivity contribution in [2.45, 2.75) is 32.8 Å². The van der Waals surface area contributed by atoms with Gasteiger partial charge in [-0.25, -0.2) is 0 Å². The molecule has 0 saturated carbocycles. The Morgan fingerprint density at radius 2 is 2.47 bits per heavy atom. The third kappa shape index (κ3) is 3.83. The van der Waals surface area contributed by atoms with Crippen LogP contribution in [0.25, 0.3) is 0 Å². The number of nitrogens with one attached hydrogen (secondary N) is 1. The molecule has 0 aromatic heterocycles. The standard InChI is InChI=1S/C9H15N3O2S/c1-5(11-12-9(10)15)3-7-4-6(2)14-8(7)13/h6-7H,3-4H2,1-2H3,(H3,10,12,15)/b11-5+/t6-,7+/m0/s1. The molecule has 0 unspecified atom stereocenters. The normalized spacial score (nSPS) is 26.3. The lowest BCUT2D eigenvalue weighted by Crippen LogP contribution is -2.25. The summed E-state index contributed by atoms with van der Waals surface area (Å²) in [4.78, 5) is 11.3. The van der Waals surface area contributed by atoms with E-state index in [0.717, 1.165) is 12.1 Å². The topological polar surface area (TPSA) is 76.7 Å². The van der Waals surface area contributed by atoms with Gasteiger partial charge in [0, 0.05) is 12.1 Å². The van der Waals surface area contributed by atoms with Crippen LogP contribution in [-0.4, -0.2) is 22.9 Å². The molecule has 0 bridgehead atoms. The number of carbonyl (C=O) groups excluding carboxylic acids is 1. The fourth-order valence-corrected chi connectivity index (χ4v) is 1.60. The highest BCUT2D eigenvalue weighted by atomic mass is 32.1. The Hall–Kier alpha value is -1.17. The van der Waals surface area contributed by atoms with Gasteiger partial charge in [-0.3, -0.25) is 10.2 Å². The van der Waals surface area contributed by atoms with Crippen molar-refractivity contribution in [3.63, 3.8) is 0 Å². The molecule has 0 radical (unpaired) electrons. The Bertz CT molecular complexity index is 304. The lowest BCUT2D eigenvalue weighted by molar-refractivity contribution is -0.143. The van der Waals surface area contributed by atoms with Crippen molar-refractivity contribution in [3.05, 3.63) is 0 Å². The Labute approximate surface area is 94.0 Å². The largest absolute Gasteiger partial charge is 0.462 e. The second-order valence-electron chi connectivity index (χ2n) is 3.71. The van der Waals surface area contributed by atoms with Crippen molar-refractivity contribution >= 4 is 29.0 Å². The van der Waals surface area contributed by atoms with Crippen LogP contribution in [0.4, 0.5) is 0 Å². The molecule has 0 aromatic rings. The second-order valence-corrected chi connectivity index (χ2v) is 4.15. The van der Waals surface area contributed by atoms with Gasteiger partial charge in [-0.1, -0.05) is 0 Å². The predicted molar refractivity (Wildman–Crippen MR) is 61.3 cm³/mol. The van der Waals surface area contributed by atoms with Gasteiger partial charge in [0.1, 0.15) is 0 Å². The van der Waals surface area contributed by atoms with Crippen LogP contribution in [0.3, 0.4) is 0 Å². The maximum absolute atomic E-state index is 11.3. The maximum atomic E-state index is 11.3. The van der Waals surface area contributed by atoms with Crippen LogP contribution in [0.2, 0.25) is 0 Å². The van der Waals surface area contributed by atoms with Crippen LogP contribution in [0, 0.1) is 5.92 Å². The lowest BCUT2D eigenvalue weighted by Gasteiger charge is -2.04. The number of hydrogen-bond donors (Lipinski definition) is 2. The van der Waals surface area contributed by atoms with Crippen LogP contribution in [0.5, 0.6) is 0 Å². The van der Waals surface area contributed by atoms with Crippen molar-refractivity contribution < 1.29 is 9.53 Å². The number of hydrogen-bond acceptors (Lipinski definition) is 4. The monoisotopic (exact) mass is 229 g/mol. The van der Waals surface area contributed by atoms with Crippen LogP contribution in [-0.2, 0) is 9.53 Å². The van der Waals surface area contributed by atoms with Crippen molar-refractivity contribution in [2.24, 2.45) is 16.8 Å². The van der Waals surface area contributed by atoms with Crippen molar-refractivity contribution in [3.8, 4) is 0 Å². The molecule has 15 heavy (non-hydrogen) atoms. The second kappa shape index (κ2) is 5.06. The van der Waals surface area contributed by atoms with Gasteiger partial charge in [0.2, 0.25) is 0 Å². The van der Waals surface area contributed by atoms with E-state index in [0.29, 0.717) is 6.42 Å². The van der Waals surface area contributed by atoms with Crippen LogP contribution < -0.4 is 11.2 Å². The maximum Gasteiger partial charge on any atom is 0.309 e. The summed E-state index contributed by atoms with van der Waals surface area (Å²) in [7, 11) is 0. The molecule has 1 fully saturated rings. The van der Waals surface area contributed by atoms with E-state index in [9.17, 15) is 4.79 Å². The molecule has 5 nitrogen and oxygen atoms in total. The van der Waals surface area contributed by atoms with Gasteiger partial charge in [-0.2, -0.15) is 5.10 Å².